The van der Waals surface area contributed by atoms with E-state index in [1.165, 1.54) is 25.9 Å². The van der Waals surface area contributed by atoms with Gasteiger partial charge in [-0.25, -0.2) is 4.79 Å². The molecule has 7 rings (SSSR count). The van der Waals surface area contributed by atoms with E-state index in [-0.39, 0.29) is 39.6 Å². The molecule has 60 heavy (non-hydrogen) atoms. The molecule has 4 aromatic carbocycles. The predicted octanol–water partition coefficient (Wildman–Crippen LogP) is 5.74. The molecule has 318 valence electrons. The minimum Gasteiger partial charge on any atom is -0.463 e. The number of benzene rings is 4. The van der Waals surface area contributed by atoms with Crippen LogP contribution in [-0.2, 0) is 83.3 Å². The Labute approximate surface area is 349 Å². The molecule has 14 heteroatoms. The van der Waals surface area contributed by atoms with Gasteiger partial charge in [0.1, 0.15) is 43.2 Å². The molecule has 3 fully saturated rings. The summed E-state index contributed by atoms with van der Waals surface area (Å²) in [5, 5.41) is 0. The topological polar surface area (TPSA) is 147 Å². The van der Waals surface area contributed by atoms with E-state index in [0.717, 1.165) is 22.3 Å². The van der Waals surface area contributed by atoms with Crippen LogP contribution in [0.1, 0.15) is 36.1 Å². The Morgan fingerprint density at radius 2 is 1.05 bits per heavy atom. The zero-order valence-corrected chi connectivity index (χ0v) is 33.8. The summed E-state index contributed by atoms with van der Waals surface area (Å²) in [6.07, 6.45) is -9.04. The second-order valence-electron chi connectivity index (χ2n) is 14.8. The number of methoxy groups -OCH3 is 1. The summed E-state index contributed by atoms with van der Waals surface area (Å²) >= 11 is 0. The van der Waals surface area contributed by atoms with Crippen molar-refractivity contribution in [2.75, 3.05) is 20.3 Å². The number of fused-ring (bicyclic) bond motifs is 1. The number of hydrogen-bond donors (Lipinski definition) is 0. The van der Waals surface area contributed by atoms with Crippen LogP contribution in [0.4, 0.5) is 4.79 Å². The van der Waals surface area contributed by atoms with Crippen LogP contribution < -0.4 is 0 Å². The van der Waals surface area contributed by atoms with Crippen molar-refractivity contribution in [1.82, 2.24) is 4.90 Å². The monoisotopic (exact) mass is 825 g/mol. The highest BCUT2D eigenvalue weighted by molar-refractivity contribution is 5.72. The number of esters is 2. The second kappa shape index (κ2) is 20.9. The molecule has 14 nitrogen and oxygen atoms in total. The zero-order chi connectivity index (χ0) is 41.8. The van der Waals surface area contributed by atoms with Gasteiger partial charge in [-0.2, -0.15) is 0 Å². The first-order valence-electron chi connectivity index (χ1n) is 20.0. The van der Waals surface area contributed by atoms with Crippen LogP contribution in [0.2, 0.25) is 0 Å². The van der Waals surface area contributed by atoms with Crippen LogP contribution in [0, 0.1) is 0 Å². The maximum Gasteiger partial charge on any atom is 0.411 e. The molecule has 4 aromatic rings. The normalized spacial score (nSPS) is 27.4. The third-order valence-corrected chi connectivity index (χ3v) is 10.5. The summed E-state index contributed by atoms with van der Waals surface area (Å²) < 4.78 is 62.8. The van der Waals surface area contributed by atoms with Gasteiger partial charge >= 0.3 is 18.0 Å². The van der Waals surface area contributed by atoms with Crippen molar-refractivity contribution in [2.45, 2.75) is 102 Å². The Morgan fingerprint density at radius 1 is 0.567 bits per heavy atom. The first-order valence-corrected chi connectivity index (χ1v) is 20.0. The van der Waals surface area contributed by atoms with Gasteiger partial charge in [-0.05, 0) is 22.3 Å². The van der Waals surface area contributed by atoms with E-state index >= 15 is 0 Å². The molecule has 0 spiro atoms. The molecule has 0 bridgehead atoms. The average molecular weight is 826 g/mol. The SMILES string of the molecule is CO[C@H]1O[C@H](CO[C@@H]2O[C@H](COC(C)=O)[C@@H](OC(C)=O)[C@@H]3OC(=O)N(Cc4ccccc4)[C@@H]23)[C@@H](OCc2ccccc2)[C@H](OCc2ccccc2)[C@H]1OCc1ccccc1. The molecule has 10 atom stereocenters. The molecule has 0 aromatic heterocycles. The number of hydrogen-bond acceptors (Lipinski definition) is 13. The molecule has 3 heterocycles. The predicted molar refractivity (Wildman–Crippen MR) is 214 cm³/mol. The minimum absolute atomic E-state index is 0.143. The molecule has 0 unspecified atom stereocenters. The lowest BCUT2D eigenvalue weighted by Crippen LogP contribution is -2.64. The Kier molecular flexibility index (Phi) is 14.9. The lowest BCUT2D eigenvalue weighted by molar-refractivity contribution is -0.334. The van der Waals surface area contributed by atoms with E-state index < -0.39 is 79.4 Å². The van der Waals surface area contributed by atoms with E-state index in [0.29, 0.717) is 0 Å². The van der Waals surface area contributed by atoms with Crippen LogP contribution in [-0.4, -0.2) is 105 Å². The highest BCUT2D eigenvalue weighted by Crippen LogP contribution is 2.38. The van der Waals surface area contributed by atoms with Crippen LogP contribution in [0.3, 0.4) is 0 Å². The molecule has 0 saturated carbocycles. The Bertz CT molecular complexity index is 1960. The number of rotatable bonds is 18. The fraction of sp³-hybridized carbons (Fsp3) is 0.413. The Hall–Kier alpha value is -5.19. The van der Waals surface area contributed by atoms with E-state index in [4.69, 9.17) is 47.4 Å². The third kappa shape index (κ3) is 10.9. The lowest BCUT2D eigenvalue weighted by Gasteiger charge is -2.47. The van der Waals surface area contributed by atoms with E-state index in [1.54, 1.807) is 0 Å². The maximum absolute atomic E-state index is 13.7. The summed E-state index contributed by atoms with van der Waals surface area (Å²) in [6, 6.07) is 37.8. The van der Waals surface area contributed by atoms with Gasteiger partial charge < -0.3 is 47.4 Å². The van der Waals surface area contributed by atoms with Crippen molar-refractivity contribution in [3.05, 3.63) is 144 Å². The van der Waals surface area contributed by atoms with Crippen LogP contribution >= 0.6 is 0 Å². The molecule has 0 N–H and O–H groups in total. The van der Waals surface area contributed by atoms with E-state index in [1.807, 2.05) is 121 Å². The van der Waals surface area contributed by atoms with Crippen LogP contribution in [0.5, 0.6) is 0 Å². The number of amides is 1. The highest BCUT2D eigenvalue weighted by Gasteiger charge is 2.59. The van der Waals surface area contributed by atoms with Gasteiger partial charge in [0.25, 0.3) is 0 Å². The summed E-state index contributed by atoms with van der Waals surface area (Å²) in [7, 11) is 1.54. The average Bonchev–Trinajstić information content (AvgIpc) is 3.59. The first-order chi connectivity index (χ1) is 29.3. The third-order valence-electron chi connectivity index (χ3n) is 10.5. The molecule has 3 aliphatic heterocycles. The molecule has 1 amide bonds. The van der Waals surface area contributed by atoms with E-state index in [2.05, 4.69) is 0 Å². The smallest absolute Gasteiger partial charge is 0.411 e. The maximum atomic E-state index is 13.7. The van der Waals surface area contributed by atoms with Gasteiger partial charge in [0.15, 0.2) is 24.8 Å². The van der Waals surface area contributed by atoms with Crippen molar-refractivity contribution in [3.63, 3.8) is 0 Å². The number of ether oxygens (including phenoxy) is 10. The quantitative estimate of drug-likeness (QED) is 0.0889. The van der Waals surface area contributed by atoms with E-state index in [9.17, 15) is 14.4 Å². The first kappa shape index (κ1) is 42.9. The van der Waals surface area contributed by atoms with Gasteiger partial charge in [0, 0.05) is 27.5 Å². The largest absolute Gasteiger partial charge is 0.463 e. The Balaban J connectivity index is 1.20. The van der Waals surface area contributed by atoms with Crippen molar-refractivity contribution >= 4 is 18.0 Å². The van der Waals surface area contributed by atoms with Gasteiger partial charge in [0.05, 0.1) is 26.4 Å². The van der Waals surface area contributed by atoms with Crippen molar-refractivity contribution in [2.24, 2.45) is 0 Å². The second-order valence-corrected chi connectivity index (χ2v) is 14.8. The number of carbonyl (C=O) groups excluding carboxylic acids is 3. The summed E-state index contributed by atoms with van der Waals surface area (Å²) in [6.45, 7) is 2.92. The minimum atomic E-state index is -1.17. The van der Waals surface area contributed by atoms with Crippen molar-refractivity contribution < 1.29 is 61.8 Å². The lowest BCUT2D eigenvalue weighted by atomic mass is 9.95. The highest BCUT2D eigenvalue weighted by atomic mass is 16.7. The molecule has 3 aliphatic rings. The van der Waals surface area contributed by atoms with Crippen molar-refractivity contribution in [1.29, 1.82) is 0 Å². The molecule has 0 radical (unpaired) electrons. The fourth-order valence-electron chi connectivity index (χ4n) is 7.67. The molecular formula is C46H51NO13. The molecule has 0 aliphatic carbocycles. The zero-order valence-electron chi connectivity index (χ0n) is 33.8. The molecule has 3 saturated heterocycles. The van der Waals surface area contributed by atoms with Crippen LogP contribution in [0.15, 0.2) is 121 Å². The number of carbonyl (C=O) groups is 3. The summed E-state index contributed by atoms with van der Waals surface area (Å²) in [4.78, 5) is 39.5. The van der Waals surface area contributed by atoms with Crippen molar-refractivity contribution in [3.8, 4) is 0 Å². The fourth-order valence-corrected chi connectivity index (χ4v) is 7.67. The van der Waals surface area contributed by atoms with Crippen LogP contribution in [0.25, 0.3) is 0 Å². The van der Waals surface area contributed by atoms with Gasteiger partial charge in [-0.3, -0.25) is 14.5 Å². The van der Waals surface area contributed by atoms with Gasteiger partial charge in [-0.1, -0.05) is 121 Å². The van der Waals surface area contributed by atoms with Gasteiger partial charge in [0.2, 0.25) is 0 Å². The molecular weight excluding hydrogens is 774 g/mol. The standard InChI is InChI=1S/C46H51NO13/c1-30(48)52-28-37-40(57-31(2)49)41-38(47(46(50)60-41)24-32-16-8-4-9-17-32)44(58-37)56-29-36-39(53-25-33-18-10-5-11-19-33)42(54-26-34-20-12-6-13-21-34)43(45(51-3)59-36)55-27-35-22-14-7-15-23-35/h4-23,36-45H,24-29H2,1-3H3/t36-,37-,38-,39-,40-,41-,42+,43-,44-,45+/m1/s1. The number of nitrogens with zero attached hydrogens (tertiary/aromatic N) is 1. The van der Waals surface area contributed by atoms with Gasteiger partial charge in [-0.15, -0.1) is 0 Å². The summed E-state index contributed by atoms with van der Waals surface area (Å²) in [5.41, 5.74) is 3.65. The Morgan fingerprint density at radius 3 is 1.57 bits per heavy atom. The summed E-state index contributed by atoms with van der Waals surface area (Å²) in [5.74, 6) is -1.20.